The third kappa shape index (κ3) is 5.82. The average molecular weight is 245 g/mol. The molecule has 0 aromatic heterocycles. The summed E-state index contributed by atoms with van der Waals surface area (Å²) in [7, 11) is 0. The molecule has 1 fully saturated rings. The van der Waals surface area contributed by atoms with E-state index in [-0.39, 0.29) is 12.6 Å². The van der Waals surface area contributed by atoms with Gasteiger partial charge in [0.15, 0.2) is 5.79 Å². The lowest BCUT2D eigenvalue weighted by molar-refractivity contribution is -0.253. The molecule has 1 aliphatic rings. The molecule has 102 valence electrons. The van der Waals surface area contributed by atoms with Crippen molar-refractivity contribution in [3.05, 3.63) is 0 Å². The normalized spacial score (nSPS) is 22.6. The molecule has 1 heterocycles. The number of hydrogen-bond acceptors (Lipinski definition) is 4. The summed E-state index contributed by atoms with van der Waals surface area (Å²) in [6.45, 7) is 8.67. The molecular formula is C13H27NO3. The lowest BCUT2D eigenvalue weighted by Gasteiger charge is -2.35. The van der Waals surface area contributed by atoms with Crippen LogP contribution in [0, 0.1) is 5.92 Å². The second kappa shape index (κ2) is 7.31. The third-order valence-corrected chi connectivity index (χ3v) is 3.19. The quantitative estimate of drug-likeness (QED) is 0.714. The maximum Gasteiger partial charge on any atom is 0.162 e. The highest BCUT2D eigenvalue weighted by Crippen LogP contribution is 2.17. The Hall–Kier alpha value is -0.160. The summed E-state index contributed by atoms with van der Waals surface area (Å²) >= 11 is 0. The van der Waals surface area contributed by atoms with Crippen molar-refractivity contribution >= 4 is 0 Å². The predicted octanol–water partition coefficient (Wildman–Crippen LogP) is 1.53. The Bertz CT molecular complexity index is 193. The zero-order valence-electron chi connectivity index (χ0n) is 11.4. The Kier molecular flexibility index (Phi) is 6.41. The van der Waals surface area contributed by atoms with E-state index in [1.165, 1.54) is 0 Å². The van der Waals surface area contributed by atoms with Crippen molar-refractivity contribution in [2.45, 2.75) is 51.9 Å². The maximum atomic E-state index is 8.99. The first-order chi connectivity index (χ1) is 8.07. The Balaban J connectivity index is 2.21. The first kappa shape index (κ1) is 14.9. The van der Waals surface area contributed by atoms with E-state index in [0.717, 1.165) is 25.8 Å². The molecule has 0 radical (unpaired) electrons. The Morgan fingerprint density at radius 2 is 1.94 bits per heavy atom. The lowest BCUT2D eigenvalue weighted by atomic mass is 10.00. The summed E-state index contributed by atoms with van der Waals surface area (Å²) in [5.41, 5.74) is 0. The molecule has 1 saturated heterocycles. The second-order valence-electron chi connectivity index (χ2n) is 5.29. The molecule has 1 atom stereocenters. The average Bonchev–Trinajstić information content (AvgIpc) is 2.28. The van der Waals surface area contributed by atoms with Crippen molar-refractivity contribution < 1.29 is 14.6 Å². The first-order valence-electron chi connectivity index (χ1n) is 6.69. The molecule has 4 heteroatoms. The highest BCUT2D eigenvalue weighted by Gasteiger charge is 2.28. The van der Waals surface area contributed by atoms with E-state index in [1.807, 2.05) is 13.8 Å². The topological polar surface area (TPSA) is 50.7 Å². The standard InChI is InChI=1S/C13H27NO3/c1-4-5-11(6-7-15)8-14-12-9-16-13(2,3)17-10-12/h11-12,14-15H,4-10H2,1-3H3. The fraction of sp³-hybridized carbons (Fsp3) is 1.00. The monoisotopic (exact) mass is 245 g/mol. The smallest absolute Gasteiger partial charge is 0.162 e. The van der Waals surface area contributed by atoms with E-state index in [0.29, 0.717) is 19.1 Å². The number of ether oxygens (including phenoxy) is 2. The zero-order valence-corrected chi connectivity index (χ0v) is 11.4. The van der Waals surface area contributed by atoms with E-state index < -0.39 is 5.79 Å². The fourth-order valence-corrected chi connectivity index (χ4v) is 2.08. The SMILES string of the molecule is CCCC(CCO)CNC1COC(C)(C)OC1. The molecular weight excluding hydrogens is 218 g/mol. The van der Waals surface area contributed by atoms with Crippen molar-refractivity contribution in [2.24, 2.45) is 5.92 Å². The van der Waals surface area contributed by atoms with Crippen LogP contribution in [0.15, 0.2) is 0 Å². The van der Waals surface area contributed by atoms with Gasteiger partial charge in [-0.15, -0.1) is 0 Å². The van der Waals surface area contributed by atoms with Gasteiger partial charge in [-0.1, -0.05) is 13.3 Å². The third-order valence-electron chi connectivity index (χ3n) is 3.19. The van der Waals surface area contributed by atoms with E-state index >= 15 is 0 Å². The van der Waals surface area contributed by atoms with Crippen LogP contribution in [-0.4, -0.2) is 43.3 Å². The van der Waals surface area contributed by atoms with Crippen LogP contribution in [-0.2, 0) is 9.47 Å². The van der Waals surface area contributed by atoms with Crippen LogP contribution in [0.2, 0.25) is 0 Å². The number of hydrogen-bond donors (Lipinski definition) is 2. The second-order valence-corrected chi connectivity index (χ2v) is 5.29. The largest absolute Gasteiger partial charge is 0.396 e. The van der Waals surface area contributed by atoms with Gasteiger partial charge >= 0.3 is 0 Å². The molecule has 0 aromatic carbocycles. The van der Waals surface area contributed by atoms with E-state index in [2.05, 4.69) is 12.2 Å². The molecule has 0 spiro atoms. The summed E-state index contributed by atoms with van der Waals surface area (Å²) in [6, 6.07) is 0.279. The number of aliphatic hydroxyl groups is 1. The summed E-state index contributed by atoms with van der Waals surface area (Å²) in [5, 5.41) is 12.5. The van der Waals surface area contributed by atoms with Crippen molar-refractivity contribution in [1.29, 1.82) is 0 Å². The molecule has 0 saturated carbocycles. The zero-order chi connectivity index (χ0) is 12.7. The maximum absolute atomic E-state index is 8.99. The molecule has 1 rings (SSSR count). The molecule has 2 N–H and O–H groups in total. The van der Waals surface area contributed by atoms with Crippen LogP contribution in [0.5, 0.6) is 0 Å². The van der Waals surface area contributed by atoms with Crippen LogP contribution in [0.3, 0.4) is 0 Å². The Morgan fingerprint density at radius 3 is 2.47 bits per heavy atom. The van der Waals surface area contributed by atoms with Gasteiger partial charge in [-0.2, -0.15) is 0 Å². The minimum atomic E-state index is -0.438. The van der Waals surface area contributed by atoms with Gasteiger partial charge in [-0.25, -0.2) is 0 Å². The number of nitrogens with one attached hydrogen (secondary N) is 1. The lowest BCUT2D eigenvalue weighted by Crippen LogP contribution is -2.49. The molecule has 0 aliphatic carbocycles. The highest BCUT2D eigenvalue weighted by atomic mass is 16.7. The van der Waals surface area contributed by atoms with Crippen molar-refractivity contribution in [1.82, 2.24) is 5.32 Å². The van der Waals surface area contributed by atoms with E-state index in [9.17, 15) is 0 Å². The molecule has 0 aromatic rings. The van der Waals surface area contributed by atoms with Crippen LogP contribution in [0.1, 0.15) is 40.0 Å². The first-order valence-corrected chi connectivity index (χ1v) is 6.69. The number of aliphatic hydroxyl groups excluding tert-OH is 1. The van der Waals surface area contributed by atoms with Crippen LogP contribution in [0.4, 0.5) is 0 Å². The molecule has 17 heavy (non-hydrogen) atoms. The van der Waals surface area contributed by atoms with Crippen molar-refractivity contribution in [3.8, 4) is 0 Å². The number of rotatable bonds is 7. The minimum Gasteiger partial charge on any atom is -0.396 e. The van der Waals surface area contributed by atoms with Crippen LogP contribution >= 0.6 is 0 Å². The summed E-state index contributed by atoms with van der Waals surface area (Å²) in [6.07, 6.45) is 3.20. The predicted molar refractivity (Wildman–Crippen MR) is 67.9 cm³/mol. The van der Waals surface area contributed by atoms with E-state index in [1.54, 1.807) is 0 Å². The van der Waals surface area contributed by atoms with Crippen LogP contribution in [0.25, 0.3) is 0 Å². The highest BCUT2D eigenvalue weighted by molar-refractivity contribution is 4.74. The van der Waals surface area contributed by atoms with Gasteiger partial charge in [-0.05, 0) is 39.2 Å². The summed E-state index contributed by atoms with van der Waals surface area (Å²) in [5.74, 6) is 0.117. The van der Waals surface area contributed by atoms with E-state index in [4.69, 9.17) is 14.6 Å². The van der Waals surface area contributed by atoms with Gasteiger partial charge in [0.25, 0.3) is 0 Å². The van der Waals surface area contributed by atoms with Crippen LogP contribution < -0.4 is 5.32 Å². The Morgan fingerprint density at radius 1 is 1.29 bits per heavy atom. The molecule has 0 bridgehead atoms. The van der Waals surface area contributed by atoms with Crippen molar-refractivity contribution in [3.63, 3.8) is 0 Å². The summed E-state index contributed by atoms with van der Waals surface area (Å²) in [4.78, 5) is 0. The fourth-order valence-electron chi connectivity index (χ4n) is 2.08. The van der Waals surface area contributed by atoms with Gasteiger partial charge in [0.1, 0.15) is 0 Å². The Labute approximate surface area is 105 Å². The molecule has 1 aliphatic heterocycles. The van der Waals surface area contributed by atoms with Gasteiger partial charge in [0.2, 0.25) is 0 Å². The van der Waals surface area contributed by atoms with Gasteiger partial charge in [0.05, 0.1) is 19.3 Å². The summed E-state index contributed by atoms with van der Waals surface area (Å²) < 4.78 is 11.2. The molecule has 1 unspecified atom stereocenters. The van der Waals surface area contributed by atoms with Gasteiger partial charge in [-0.3, -0.25) is 0 Å². The van der Waals surface area contributed by atoms with Gasteiger partial charge < -0.3 is 19.9 Å². The minimum absolute atomic E-state index is 0.275. The molecule has 4 nitrogen and oxygen atoms in total. The van der Waals surface area contributed by atoms with Crippen molar-refractivity contribution in [2.75, 3.05) is 26.4 Å². The van der Waals surface area contributed by atoms with Gasteiger partial charge in [0, 0.05) is 6.61 Å². The molecule has 0 amide bonds.